The summed E-state index contributed by atoms with van der Waals surface area (Å²) >= 11 is 0. The van der Waals surface area contributed by atoms with Crippen LogP contribution in [0.2, 0.25) is 0 Å². The van der Waals surface area contributed by atoms with Crippen molar-refractivity contribution in [3.05, 3.63) is 28.8 Å². The molecule has 0 aliphatic rings. The fourth-order valence-corrected chi connectivity index (χ4v) is 2.27. The Morgan fingerprint density at radius 2 is 1.43 bits per heavy atom. The Labute approximate surface area is 117 Å². The normalized spacial score (nSPS) is 11.9. The smallest absolute Gasteiger partial charge is 0.454 e. The van der Waals surface area contributed by atoms with E-state index in [9.17, 15) is 33.3 Å². The van der Waals surface area contributed by atoms with Gasteiger partial charge in [0.05, 0.1) is 5.39 Å². The monoisotopic (exact) mass is 300 g/mol. The Balaban J connectivity index is 3.05. The van der Waals surface area contributed by atoms with E-state index in [0.717, 1.165) is 12.1 Å². The first kappa shape index (κ1) is 15.0. The highest BCUT2D eigenvalue weighted by Gasteiger charge is 2.41. The van der Waals surface area contributed by atoms with Crippen molar-refractivity contribution >= 4 is 16.6 Å². The maximum atomic E-state index is 12.7. The number of aryl methyl sites for hydroxylation is 2. The van der Waals surface area contributed by atoms with E-state index in [-0.39, 0.29) is 11.1 Å². The van der Waals surface area contributed by atoms with Gasteiger partial charge in [-0.25, -0.2) is 0 Å². The van der Waals surface area contributed by atoms with Gasteiger partial charge >= 0.3 is 6.18 Å². The molecule has 0 heterocycles. The number of benzene rings is 2. The maximum Gasteiger partial charge on any atom is 0.454 e. The third-order valence-corrected chi connectivity index (χ3v) is 3.21. The molecule has 0 fully saturated rings. The number of rotatable bonds is 1. The summed E-state index contributed by atoms with van der Waals surface area (Å²) in [5, 5.41) is 28.7. The van der Waals surface area contributed by atoms with Crippen molar-refractivity contribution in [2.24, 2.45) is 0 Å². The van der Waals surface area contributed by atoms with Gasteiger partial charge < -0.3 is 15.3 Å². The van der Waals surface area contributed by atoms with Crippen molar-refractivity contribution < 1.29 is 33.3 Å². The van der Waals surface area contributed by atoms with E-state index >= 15 is 0 Å². The van der Waals surface area contributed by atoms with Gasteiger partial charge in [0.1, 0.15) is 17.2 Å². The quantitative estimate of drug-likeness (QED) is 0.557. The van der Waals surface area contributed by atoms with Gasteiger partial charge in [-0.05, 0) is 37.1 Å². The number of hydrogen-bond donors (Lipinski definition) is 3. The number of carbonyl (C=O) groups is 1. The molecule has 0 aromatic heterocycles. The number of carbonyl (C=O) groups excluding carboxylic acids is 1. The third-order valence-electron chi connectivity index (χ3n) is 3.21. The fourth-order valence-electron chi connectivity index (χ4n) is 2.27. The van der Waals surface area contributed by atoms with Gasteiger partial charge in [-0.2, -0.15) is 13.2 Å². The fraction of sp³-hybridized carbons (Fsp3) is 0.214. The summed E-state index contributed by atoms with van der Waals surface area (Å²) in [6, 6.07) is 2.03. The molecule has 112 valence electrons. The molecule has 21 heavy (non-hydrogen) atoms. The molecule has 4 nitrogen and oxygen atoms in total. The number of fused-ring (bicyclic) bond motifs is 1. The topological polar surface area (TPSA) is 77.8 Å². The van der Waals surface area contributed by atoms with Crippen LogP contribution < -0.4 is 0 Å². The molecular weight excluding hydrogens is 289 g/mol. The van der Waals surface area contributed by atoms with Crippen molar-refractivity contribution in [1.82, 2.24) is 0 Å². The van der Waals surface area contributed by atoms with E-state index in [1.807, 2.05) is 0 Å². The number of hydrogen-bond acceptors (Lipinski definition) is 4. The van der Waals surface area contributed by atoms with Crippen LogP contribution >= 0.6 is 0 Å². The predicted octanol–water partition coefficient (Wildman–Crippen LogP) is 3.32. The molecule has 3 N–H and O–H groups in total. The Morgan fingerprint density at radius 3 is 1.90 bits per heavy atom. The predicted molar refractivity (Wildman–Crippen MR) is 68.8 cm³/mol. The van der Waals surface area contributed by atoms with Gasteiger partial charge in [0, 0.05) is 10.9 Å². The Hall–Kier alpha value is -2.44. The lowest BCUT2D eigenvalue weighted by Crippen LogP contribution is -2.24. The molecule has 0 aliphatic heterocycles. The Kier molecular flexibility index (Phi) is 3.24. The first-order valence-electron chi connectivity index (χ1n) is 5.85. The molecule has 0 saturated carbocycles. The average Bonchev–Trinajstić information content (AvgIpc) is 2.33. The molecule has 0 aliphatic carbocycles. The van der Waals surface area contributed by atoms with Crippen LogP contribution in [0.4, 0.5) is 13.2 Å². The van der Waals surface area contributed by atoms with Crippen LogP contribution in [-0.4, -0.2) is 27.3 Å². The lowest BCUT2D eigenvalue weighted by atomic mass is 9.93. The molecule has 0 saturated heterocycles. The van der Waals surface area contributed by atoms with Gasteiger partial charge in [-0.15, -0.1) is 0 Å². The van der Waals surface area contributed by atoms with E-state index in [1.165, 1.54) is 13.8 Å². The van der Waals surface area contributed by atoms with Crippen molar-refractivity contribution in [1.29, 1.82) is 0 Å². The van der Waals surface area contributed by atoms with E-state index in [2.05, 4.69) is 0 Å². The number of halogens is 3. The first-order valence-corrected chi connectivity index (χ1v) is 5.85. The summed E-state index contributed by atoms with van der Waals surface area (Å²) in [4.78, 5) is 11.6. The van der Waals surface area contributed by atoms with Gasteiger partial charge in [0.25, 0.3) is 5.78 Å². The van der Waals surface area contributed by atoms with Crippen molar-refractivity contribution in [3.8, 4) is 17.2 Å². The summed E-state index contributed by atoms with van der Waals surface area (Å²) < 4.78 is 38.2. The van der Waals surface area contributed by atoms with Gasteiger partial charge in [0.15, 0.2) is 0 Å². The first-order chi connectivity index (χ1) is 9.55. The number of aromatic hydroxyl groups is 3. The third kappa shape index (κ3) is 2.24. The minimum Gasteiger partial charge on any atom is -0.507 e. The van der Waals surface area contributed by atoms with E-state index < -0.39 is 45.5 Å². The number of Topliss-reactive ketones (excluding diaryl/α,β-unsaturated/α-hetero) is 1. The second kappa shape index (κ2) is 4.54. The largest absolute Gasteiger partial charge is 0.507 e. The van der Waals surface area contributed by atoms with Crippen LogP contribution in [0, 0.1) is 13.8 Å². The summed E-state index contributed by atoms with van der Waals surface area (Å²) in [7, 11) is 0. The van der Waals surface area contributed by atoms with Crippen LogP contribution in [0.25, 0.3) is 10.8 Å². The zero-order valence-electron chi connectivity index (χ0n) is 11.0. The molecule has 0 atom stereocenters. The second-order valence-electron chi connectivity index (χ2n) is 4.73. The van der Waals surface area contributed by atoms with E-state index in [1.54, 1.807) is 0 Å². The average molecular weight is 300 g/mol. The van der Waals surface area contributed by atoms with Gasteiger partial charge in [-0.3, -0.25) is 4.79 Å². The lowest BCUT2D eigenvalue weighted by Gasteiger charge is -2.16. The Morgan fingerprint density at radius 1 is 0.952 bits per heavy atom. The van der Waals surface area contributed by atoms with Crippen molar-refractivity contribution in [2.45, 2.75) is 20.0 Å². The SMILES string of the molecule is Cc1cc(O)c2c(O)cc(C)c(C(=O)C(F)(F)F)c2c1O. The highest BCUT2D eigenvalue weighted by Crippen LogP contribution is 2.44. The van der Waals surface area contributed by atoms with Crippen LogP contribution in [0.5, 0.6) is 17.2 Å². The molecule has 0 bridgehead atoms. The zero-order chi connectivity index (χ0) is 16.1. The molecule has 0 amide bonds. The van der Waals surface area contributed by atoms with E-state index in [0.29, 0.717) is 0 Å². The molecule has 0 spiro atoms. The molecule has 2 aromatic rings. The molecule has 0 radical (unpaired) electrons. The van der Waals surface area contributed by atoms with Crippen LogP contribution in [0.15, 0.2) is 12.1 Å². The lowest BCUT2D eigenvalue weighted by molar-refractivity contribution is -0.0884. The highest BCUT2D eigenvalue weighted by molar-refractivity contribution is 6.16. The molecule has 7 heteroatoms. The van der Waals surface area contributed by atoms with Crippen LogP contribution in [0.3, 0.4) is 0 Å². The Bertz CT molecular complexity index is 755. The minimum atomic E-state index is -5.14. The highest BCUT2D eigenvalue weighted by atomic mass is 19.4. The standard InChI is InChI=1S/C14H11F3O4/c1-5-3-7(18)10-8(19)4-6(2)12(20)11(10)9(5)13(21)14(15,16)17/h3-4,18-20H,1-2H3. The number of alkyl halides is 3. The molecule has 2 aromatic carbocycles. The summed E-state index contributed by atoms with van der Waals surface area (Å²) in [5.41, 5.74) is -0.851. The van der Waals surface area contributed by atoms with Crippen LogP contribution in [0.1, 0.15) is 21.5 Å². The summed E-state index contributed by atoms with van der Waals surface area (Å²) in [6.07, 6.45) is -5.14. The summed E-state index contributed by atoms with van der Waals surface area (Å²) in [5.74, 6) is -3.78. The number of phenols is 3. The second-order valence-corrected chi connectivity index (χ2v) is 4.73. The summed E-state index contributed by atoms with van der Waals surface area (Å²) in [6.45, 7) is 2.56. The number of phenolic OH excluding ortho intramolecular Hbond substituents is 3. The molecule has 2 rings (SSSR count). The number of ketones is 1. The van der Waals surface area contributed by atoms with Crippen molar-refractivity contribution in [2.75, 3.05) is 0 Å². The molecular formula is C14H11F3O4. The van der Waals surface area contributed by atoms with Gasteiger partial charge in [0.2, 0.25) is 0 Å². The zero-order valence-corrected chi connectivity index (χ0v) is 11.0. The van der Waals surface area contributed by atoms with E-state index in [4.69, 9.17) is 0 Å². The minimum absolute atomic E-state index is 0.0845. The van der Waals surface area contributed by atoms with Crippen molar-refractivity contribution in [3.63, 3.8) is 0 Å². The molecule has 0 unspecified atom stereocenters. The van der Waals surface area contributed by atoms with Crippen LogP contribution in [-0.2, 0) is 0 Å². The maximum absolute atomic E-state index is 12.7. The van der Waals surface area contributed by atoms with Gasteiger partial charge in [-0.1, -0.05) is 0 Å².